The van der Waals surface area contributed by atoms with E-state index in [1.54, 1.807) is 12.2 Å². The van der Waals surface area contributed by atoms with Crippen LogP contribution >= 0.6 is 0 Å². The van der Waals surface area contributed by atoms with Crippen LogP contribution in [0.25, 0.3) is 0 Å². The van der Waals surface area contributed by atoms with Crippen LogP contribution in [0.1, 0.15) is 84.5 Å². The van der Waals surface area contributed by atoms with Gasteiger partial charge in [0.15, 0.2) is 0 Å². The maximum absolute atomic E-state index is 11.9. The van der Waals surface area contributed by atoms with Gasteiger partial charge in [0.1, 0.15) is 0 Å². The summed E-state index contributed by atoms with van der Waals surface area (Å²) in [5.41, 5.74) is 0. The lowest BCUT2D eigenvalue weighted by Gasteiger charge is -2.22. The quantitative estimate of drug-likeness (QED) is 0.188. The first-order valence-electron chi connectivity index (χ1n) is 12.4. The van der Waals surface area contributed by atoms with Crippen LogP contribution in [-0.4, -0.2) is 61.2 Å². The number of nitrogens with one attached hydrogen (secondary N) is 2. The van der Waals surface area contributed by atoms with Crippen LogP contribution in [-0.2, 0) is 9.59 Å². The minimum atomic E-state index is -0.0602. The van der Waals surface area contributed by atoms with Crippen molar-refractivity contribution in [3.63, 3.8) is 0 Å². The summed E-state index contributed by atoms with van der Waals surface area (Å²) in [4.78, 5) is 25.9. The maximum atomic E-state index is 11.9. The number of unbranched alkanes of at least 4 members (excludes halogenated alkanes) is 8. The van der Waals surface area contributed by atoms with E-state index in [-0.39, 0.29) is 18.4 Å². The van der Waals surface area contributed by atoms with Gasteiger partial charge in [0.25, 0.3) is 0 Å². The molecule has 0 aromatic carbocycles. The number of nitrogens with zero attached hydrogens (tertiary/aromatic N) is 1. The SMILES string of the molecule is CCCCCC/C=C/C(=O)NCCN(CCCO)CCNC(=O)/C=C/CCCCCC. The van der Waals surface area contributed by atoms with Gasteiger partial charge in [0.05, 0.1) is 0 Å². The Labute approximate surface area is 190 Å². The molecule has 0 saturated carbocycles. The van der Waals surface area contributed by atoms with E-state index in [0.717, 1.165) is 32.2 Å². The lowest BCUT2D eigenvalue weighted by atomic mass is 10.1. The molecule has 0 atom stereocenters. The summed E-state index contributed by atoms with van der Waals surface area (Å²) >= 11 is 0. The highest BCUT2D eigenvalue weighted by Crippen LogP contribution is 2.03. The van der Waals surface area contributed by atoms with Crippen LogP contribution in [0.4, 0.5) is 0 Å². The van der Waals surface area contributed by atoms with Gasteiger partial charge in [-0.25, -0.2) is 0 Å². The number of carbonyl (C=O) groups excluding carboxylic acids is 2. The molecule has 6 heteroatoms. The summed E-state index contributed by atoms with van der Waals surface area (Å²) < 4.78 is 0. The molecule has 0 aliphatic carbocycles. The summed E-state index contributed by atoms with van der Waals surface area (Å²) in [5, 5.41) is 14.9. The van der Waals surface area contributed by atoms with Gasteiger partial charge in [-0.15, -0.1) is 0 Å². The van der Waals surface area contributed by atoms with Crippen molar-refractivity contribution in [3.8, 4) is 0 Å². The van der Waals surface area contributed by atoms with E-state index in [0.29, 0.717) is 32.6 Å². The molecular formula is C25H47N3O3. The standard InChI is InChI=1S/C25H47N3O3/c1-3-5-7-9-11-13-16-24(30)26-18-21-28(20-15-23-29)22-19-27-25(31)17-14-12-10-8-6-4-2/h13-14,16-17,29H,3-12,15,18-23H2,1-2H3,(H,26,30)(H,27,31)/b16-13+,17-14+. The van der Waals surface area contributed by atoms with Gasteiger partial charge < -0.3 is 15.7 Å². The fourth-order valence-corrected chi connectivity index (χ4v) is 3.18. The molecule has 31 heavy (non-hydrogen) atoms. The first kappa shape index (κ1) is 29.3. The van der Waals surface area contributed by atoms with Crippen molar-refractivity contribution in [3.05, 3.63) is 24.3 Å². The average Bonchev–Trinajstić information content (AvgIpc) is 2.76. The summed E-state index contributed by atoms with van der Waals surface area (Å²) in [5.74, 6) is -0.120. The first-order chi connectivity index (χ1) is 15.1. The van der Waals surface area contributed by atoms with Crippen LogP contribution in [0.2, 0.25) is 0 Å². The molecule has 0 saturated heterocycles. The summed E-state index contributed by atoms with van der Waals surface area (Å²) in [7, 11) is 0. The molecule has 0 aromatic rings. The number of hydrogen-bond donors (Lipinski definition) is 3. The Hall–Kier alpha value is -1.66. The zero-order valence-corrected chi connectivity index (χ0v) is 20.0. The van der Waals surface area contributed by atoms with Crippen LogP contribution < -0.4 is 10.6 Å². The highest BCUT2D eigenvalue weighted by molar-refractivity contribution is 5.87. The summed E-state index contributed by atoms with van der Waals surface area (Å²) in [6.45, 7) is 7.74. The Kier molecular flexibility index (Phi) is 21.8. The minimum Gasteiger partial charge on any atom is -0.396 e. The highest BCUT2D eigenvalue weighted by Gasteiger charge is 2.06. The predicted octanol–water partition coefficient (Wildman–Crippen LogP) is 3.96. The number of hydrogen-bond acceptors (Lipinski definition) is 4. The Morgan fingerprint density at radius 2 is 1.19 bits per heavy atom. The van der Waals surface area contributed by atoms with Gasteiger partial charge in [-0.1, -0.05) is 64.5 Å². The number of rotatable bonds is 21. The van der Waals surface area contributed by atoms with Crippen LogP contribution in [0.15, 0.2) is 24.3 Å². The zero-order valence-electron chi connectivity index (χ0n) is 20.0. The Balaban J connectivity index is 4.01. The van der Waals surface area contributed by atoms with Gasteiger partial charge in [0, 0.05) is 39.3 Å². The number of aliphatic hydroxyl groups is 1. The van der Waals surface area contributed by atoms with Crippen LogP contribution in [0, 0.1) is 0 Å². The van der Waals surface area contributed by atoms with Crippen molar-refractivity contribution in [2.45, 2.75) is 84.5 Å². The molecule has 0 fully saturated rings. The molecule has 0 heterocycles. The third-order valence-corrected chi connectivity index (χ3v) is 5.07. The largest absolute Gasteiger partial charge is 0.396 e. The number of aliphatic hydroxyl groups excluding tert-OH is 1. The fraction of sp³-hybridized carbons (Fsp3) is 0.760. The summed E-state index contributed by atoms with van der Waals surface area (Å²) in [6, 6.07) is 0. The van der Waals surface area contributed by atoms with Gasteiger partial charge in [-0.2, -0.15) is 0 Å². The van der Waals surface area contributed by atoms with Crippen molar-refractivity contribution >= 4 is 11.8 Å². The third kappa shape index (κ3) is 21.4. The maximum Gasteiger partial charge on any atom is 0.243 e. The lowest BCUT2D eigenvalue weighted by Crippen LogP contribution is -2.39. The highest BCUT2D eigenvalue weighted by atomic mass is 16.3. The van der Waals surface area contributed by atoms with Gasteiger partial charge in [0.2, 0.25) is 11.8 Å². The Morgan fingerprint density at radius 3 is 1.61 bits per heavy atom. The fourth-order valence-electron chi connectivity index (χ4n) is 3.18. The minimum absolute atomic E-state index is 0.0602. The van der Waals surface area contributed by atoms with Crippen molar-refractivity contribution in [1.82, 2.24) is 15.5 Å². The van der Waals surface area contributed by atoms with E-state index in [9.17, 15) is 9.59 Å². The second-order valence-corrected chi connectivity index (χ2v) is 8.00. The number of allylic oxidation sites excluding steroid dienone is 2. The van der Waals surface area contributed by atoms with E-state index >= 15 is 0 Å². The predicted molar refractivity (Wildman–Crippen MR) is 130 cm³/mol. The second kappa shape index (κ2) is 23.0. The van der Waals surface area contributed by atoms with E-state index in [4.69, 9.17) is 5.11 Å². The zero-order chi connectivity index (χ0) is 23.0. The normalized spacial score (nSPS) is 11.6. The Bertz CT molecular complexity index is 452. The molecule has 3 N–H and O–H groups in total. The van der Waals surface area contributed by atoms with E-state index in [1.165, 1.54) is 38.5 Å². The third-order valence-electron chi connectivity index (χ3n) is 5.07. The number of amides is 2. The van der Waals surface area contributed by atoms with Crippen molar-refractivity contribution in [2.75, 3.05) is 39.3 Å². The van der Waals surface area contributed by atoms with Crippen molar-refractivity contribution in [2.24, 2.45) is 0 Å². The second-order valence-electron chi connectivity index (χ2n) is 8.00. The van der Waals surface area contributed by atoms with Gasteiger partial charge in [-0.3, -0.25) is 14.5 Å². The molecule has 0 aliphatic rings. The topological polar surface area (TPSA) is 81.7 Å². The average molecular weight is 438 g/mol. The molecule has 0 spiro atoms. The monoisotopic (exact) mass is 437 g/mol. The molecule has 0 rings (SSSR count). The molecule has 6 nitrogen and oxygen atoms in total. The molecule has 0 bridgehead atoms. The number of carbonyl (C=O) groups is 2. The first-order valence-corrected chi connectivity index (χ1v) is 12.4. The molecule has 180 valence electrons. The molecule has 2 amide bonds. The molecule has 0 unspecified atom stereocenters. The molecule has 0 radical (unpaired) electrons. The van der Waals surface area contributed by atoms with Gasteiger partial charge in [-0.05, 0) is 44.3 Å². The van der Waals surface area contributed by atoms with E-state index in [2.05, 4.69) is 29.4 Å². The summed E-state index contributed by atoms with van der Waals surface area (Å²) in [6.07, 6.45) is 19.3. The van der Waals surface area contributed by atoms with Crippen molar-refractivity contribution in [1.29, 1.82) is 0 Å². The van der Waals surface area contributed by atoms with Gasteiger partial charge >= 0.3 is 0 Å². The van der Waals surface area contributed by atoms with Crippen LogP contribution in [0.5, 0.6) is 0 Å². The van der Waals surface area contributed by atoms with Crippen LogP contribution in [0.3, 0.4) is 0 Å². The smallest absolute Gasteiger partial charge is 0.243 e. The van der Waals surface area contributed by atoms with E-state index in [1.807, 2.05) is 12.2 Å². The van der Waals surface area contributed by atoms with E-state index < -0.39 is 0 Å². The molecule has 0 aromatic heterocycles. The molecule has 0 aliphatic heterocycles. The Morgan fingerprint density at radius 1 is 0.710 bits per heavy atom. The lowest BCUT2D eigenvalue weighted by molar-refractivity contribution is -0.117. The van der Waals surface area contributed by atoms with Crippen molar-refractivity contribution < 1.29 is 14.7 Å². The molecular weight excluding hydrogens is 390 g/mol.